The monoisotopic (exact) mass is 339 g/mol. The average Bonchev–Trinajstić information content (AvgIpc) is 3.23. The number of nitrogens with zero attached hydrogens (tertiary/aromatic N) is 1. The van der Waals surface area contributed by atoms with Gasteiger partial charge in [-0.15, -0.1) is 11.8 Å². The van der Waals surface area contributed by atoms with E-state index in [1.165, 1.54) is 15.7 Å². The molecular weight excluding hydrogens is 322 g/mol. The molecule has 0 aromatic heterocycles. The Kier molecular flexibility index (Phi) is 3.06. The predicted octanol–water partition coefficient (Wildman–Crippen LogP) is 3.33. The molecule has 1 heterocycles. The predicted molar refractivity (Wildman–Crippen MR) is 90.4 cm³/mol. The molecule has 2 saturated carbocycles. The average molecular weight is 339 g/mol. The van der Waals surface area contributed by atoms with Crippen LogP contribution in [0.25, 0.3) is 10.8 Å². The van der Waals surface area contributed by atoms with Crippen LogP contribution in [0.15, 0.2) is 47.4 Å². The van der Waals surface area contributed by atoms with Crippen LogP contribution in [0.3, 0.4) is 0 Å². The number of thioether (sulfide) groups is 1. The van der Waals surface area contributed by atoms with Crippen LogP contribution in [0.5, 0.6) is 0 Å². The molecule has 2 bridgehead atoms. The lowest BCUT2D eigenvalue weighted by atomic mass is 9.81. The van der Waals surface area contributed by atoms with Gasteiger partial charge in [-0.3, -0.25) is 14.8 Å². The molecule has 5 unspecified atom stereocenters. The van der Waals surface area contributed by atoms with Gasteiger partial charge in [0.25, 0.3) is 11.8 Å². The SMILES string of the molecule is O=C1C2C3CC(Sc4ccc5ccccc5c4)C(C3)C2C(=O)N1O. The van der Waals surface area contributed by atoms with Crippen LogP contribution in [-0.2, 0) is 9.59 Å². The zero-order chi connectivity index (χ0) is 16.4. The van der Waals surface area contributed by atoms with E-state index in [9.17, 15) is 14.8 Å². The molecule has 0 spiro atoms. The quantitative estimate of drug-likeness (QED) is 0.673. The molecule has 0 radical (unpaired) electrons. The third-order valence-corrected chi connectivity index (χ3v) is 7.31. The molecule has 1 saturated heterocycles. The van der Waals surface area contributed by atoms with Crippen molar-refractivity contribution >= 4 is 34.3 Å². The van der Waals surface area contributed by atoms with Crippen LogP contribution in [0.4, 0.5) is 0 Å². The zero-order valence-corrected chi connectivity index (χ0v) is 13.8. The van der Waals surface area contributed by atoms with E-state index in [0.717, 1.165) is 12.8 Å². The standard InChI is InChI=1S/C19H17NO3S/c21-18-16-12-8-14(17(16)19(22)20(18)23)15(9-12)24-13-6-5-10-3-1-2-4-11(10)7-13/h1-7,12,14-17,23H,8-9H2. The second-order valence-electron chi connectivity index (χ2n) is 7.10. The first-order valence-corrected chi connectivity index (χ1v) is 9.23. The van der Waals surface area contributed by atoms with Crippen molar-refractivity contribution in [2.45, 2.75) is 23.0 Å². The summed E-state index contributed by atoms with van der Waals surface area (Å²) in [6.45, 7) is 0. The van der Waals surface area contributed by atoms with Gasteiger partial charge in [0.15, 0.2) is 0 Å². The molecule has 2 amide bonds. The van der Waals surface area contributed by atoms with Crippen molar-refractivity contribution in [3.63, 3.8) is 0 Å². The van der Waals surface area contributed by atoms with Gasteiger partial charge >= 0.3 is 0 Å². The minimum Gasteiger partial charge on any atom is -0.278 e. The van der Waals surface area contributed by atoms with Gasteiger partial charge < -0.3 is 0 Å². The number of imide groups is 1. The molecule has 1 N–H and O–H groups in total. The first kappa shape index (κ1) is 14.5. The van der Waals surface area contributed by atoms with Crippen molar-refractivity contribution < 1.29 is 14.8 Å². The minimum absolute atomic E-state index is 0.199. The van der Waals surface area contributed by atoms with Crippen LogP contribution in [0.2, 0.25) is 0 Å². The molecule has 122 valence electrons. The highest BCUT2D eigenvalue weighted by atomic mass is 32.2. The first-order valence-electron chi connectivity index (χ1n) is 8.35. The zero-order valence-electron chi connectivity index (χ0n) is 13.0. The third-order valence-electron chi connectivity index (χ3n) is 5.94. The fraction of sp³-hybridized carbons (Fsp3) is 0.368. The molecule has 4 nitrogen and oxygen atoms in total. The highest BCUT2D eigenvalue weighted by Crippen LogP contribution is 2.59. The number of hydrogen-bond donors (Lipinski definition) is 1. The molecule has 24 heavy (non-hydrogen) atoms. The highest BCUT2D eigenvalue weighted by Gasteiger charge is 2.64. The number of hydrogen-bond acceptors (Lipinski definition) is 4. The summed E-state index contributed by atoms with van der Waals surface area (Å²) in [7, 11) is 0. The molecule has 2 aromatic carbocycles. The van der Waals surface area contributed by atoms with Gasteiger partial charge in [0.05, 0.1) is 11.8 Å². The van der Waals surface area contributed by atoms with Crippen molar-refractivity contribution in [1.82, 2.24) is 5.06 Å². The summed E-state index contributed by atoms with van der Waals surface area (Å²) in [5.41, 5.74) is 0. The summed E-state index contributed by atoms with van der Waals surface area (Å²) in [4.78, 5) is 25.5. The molecule has 2 aromatic rings. The Bertz CT molecular complexity index is 867. The maximum Gasteiger partial charge on any atom is 0.257 e. The van der Waals surface area contributed by atoms with Gasteiger partial charge in [0.2, 0.25) is 0 Å². The molecule has 5 heteroatoms. The summed E-state index contributed by atoms with van der Waals surface area (Å²) >= 11 is 1.82. The Labute approximate surface area is 143 Å². The number of carbonyl (C=O) groups excluding carboxylic acids is 2. The van der Waals surface area contributed by atoms with Gasteiger partial charge in [-0.1, -0.05) is 30.3 Å². The maximum atomic E-state index is 12.2. The fourth-order valence-corrected chi connectivity index (χ4v) is 6.43. The fourth-order valence-electron chi connectivity index (χ4n) is 4.94. The summed E-state index contributed by atoms with van der Waals surface area (Å²) in [5.74, 6) is -0.912. The lowest BCUT2D eigenvalue weighted by molar-refractivity contribution is -0.174. The summed E-state index contributed by atoms with van der Waals surface area (Å²) in [5, 5.41) is 12.8. The summed E-state index contributed by atoms with van der Waals surface area (Å²) < 4.78 is 0. The van der Waals surface area contributed by atoms with Crippen molar-refractivity contribution in [2.75, 3.05) is 0 Å². The minimum atomic E-state index is -0.388. The van der Waals surface area contributed by atoms with Crippen LogP contribution in [-0.4, -0.2) is 27.3 Å². The van der Waals surface area contributed by atoms with E-state index >= 15 is 0 Å². The smallest absolute Gasteiger partial charge is 0.257 e. The van der Waals surface area contributed by atoms with Gasteiger partial charge in [0, 0.05) is 10.1 Å². The number of carbonyl (C=O) groups is 2. The largest absolute Gasteiger partial charge is 0.278 e. The second-order valence-corrected chi connectivity index (χ2v) is 8.41. The number of benzene rings is 2. The summed E-state index contributed by atoms with van der Waals surface area (Å²) in [6, 6.07) is 14.8. The van der Waals surface area contributed by atoms with E-state index in [4.69, 9.17) is 0 Å². The summed E-state index contributed by atoms with van der Waals surface area (Å²) in [6.07, 6.45) is 1.89. The second kappa shape index (κ2) is 5.07. The van der Waals surface area contributed by atoms with Crippen molar-refractivity contribution in [3.8, 4) is 0 Å². The number of amides is 2. The van der Waals surface area contributed by atoms with E-state index in [0.29, 0.717) is 10.3 Å². The Morgan fingerprint density at radius 1 is 0.958 bits per heavy atom. The van der Waals surface area contributed by atoms with Crippen LogP contribution in [0, 0.1) is 23.7 Å². The number of rotatable bonds is 2. The molecule has 5 rings (SSSR count). The van der Waals surface area contributed by atoms with E-state index in [1.807, 2.05) is 23.9 Å². The van der Waals surface area contributed by atoms with Gasteiger partial charge in [-0.05, 0) is 47.6 Å². The molecular formula is C19H17NO3S. The van der Waals surface area contributed by atoms with Crippen LogP contribution in [0.1, 0.15) is 12.8 Å². The lowest BCUT2D eigenvalue weighted by Crippen LogP contribution is -2.32. The molecule has 3 fully saturated rings. The number of hydroxylamine groups is 2. The van der Waals surface area contributed by atoms with E-state index in [-0.39, 0.29) is 35.5 Å². The molecule has 5 atom stereocenters. The Morgan fingerprint density at radius 2 is 1.71 bits per heavy atom. The van der Waals surface area contributed by atoms with Gasteiger partial charge in [-0.25, -0.2) is 0 Å². The first-order chi connectivity index (χ1) is 11.6. The van der Waals surface area contributed by atoms with E-state index < -0.39 is 0 Å². The van der Waals surface area contributed by atoms with Crippen LogP contribution >= 0.6 is 11.8 Å². The van der Waals surface area contributed by atoms with Gasteiger partial charge in [-0.2, -0.15) is 5.06 Å². The maximum absolute atomic E-state index is 12.2. The van der Waals surface area contributed by atoms with E-state index in [1.54, 1.807) is 0 Å². The molecule has 3 aliphatic rings. The molecule has 2 aliphatic carbocycles. The van der Waals surface area contributed by atoms with E-state index in [2.05, 4.69) is 30.3 Å². The van der Waals surface area contributed by atoms with Crippen LogP contribution < -0.4 is 0 Å². The number of fused-ring (bicyclic) bond motifs is 6. The Morgan fingerprint density at radius 3 is 2.54 bits per heavy atom. The third kappa shape index (κ3) is 1.91. The van der Waals surface area contributed by atoms with Crippen molar-refractivity contribution in [3.05, 3.63) is 42.5 Å². The lowest BCUT2D eigenvalue weighted by Gasteiger charge is -2.27. The highest BCUT2D eigenvalue weighted by molar-refractivity contribution is 8.00. The van der Waals surface area contributed by atoms with Crippen molar-refractivity contribution in [2.24, 2.45) is 23.7 Å². The Balaban J connectivity index is 1.41. The normalized spacial score (nSPS) is 34.4. The Hall–Kier alpha value is -1.85. The van der Waals surface area contributed by atoms with Crippen molar-refractivity contribution in [1.29, 1.82) is 0 Å². The van der Waals surface area contributed by atoms with Gasteiger partial charge in [0.1, 0.15) is 0 Å². The topological polar surface area (TPSA) is 57.6 Å². The molecule has 1 aliphatic heterocycles.